The summed E-state index contributed by atoms with van der Waals surface area (Å²) in [5.74, 6) is 0.318. The first-order valence-corrected chi connectivity index (χ1v) is 6.90. The van der Waals surface area contributed by atoms with Crippen LogP contribution in [0.15, 0.2) is 42.1 Å². The van der Waals surface area contributed by atoms with Gasteiger partial charge in [-0.25, -0.2) is 0 Å². The van der Waals surface area contributed by atoms with E-state index in [0.29, 0.717) is 12.3 Å². The Balaban J connectivity index is 1.66. The molecule has 0 bridgehead atoms. The Morgan fingerprint density at radius 2 is 2.16 bits per heavy atom. The minimum absolute atomic E-state index is 0.203. The molecule has 3 atom stereocenters. The maximum Gasteiger partial charge on any atom is 0.135 e. The molecule has 0 unspecified atom stereocenters. The number of fused-ring (bicyclic) bond motifs is 1. The second-order valence-electron chi connectivity index (χ2n) is 5.39. The van der Waals surface area contributed by atoms with Gasteiger partial charge in [0.1, 0.15) is 6.10 Å². The number of hydrogen-bond donors (Lipinski definition) is 1. The number of hydrogen-bond acceptors (Lipinski definition) is 3. The van der Waals surface area contributed by atoms with E-state index in [1.807, 2.05) is 30.3 Å². The minimum Gasteiger partial charge on any atom is -0.392 e. The number of rotatable bonds is 4. The third-order valence-electron chi connectivity index (χ3n) is 4.09. The van der Waals surface area contributed by atoms with Gasteiger partial charge in [-0.1, -0.05) is 42.1 Å². The van der Waals surface area contributed by atoms with E-state index in [4.69, 9.17) is 4.84 Å². The average molecular weight is 257 g/mol. The Bertz CT molecular complexity index is 495. The highest BCUT2D eigenvalue weighted by atomic mass is 16.6. The second kappa shape index (κ2) is 5.17. The topological polar surface area (TPSA) is 41.8 Å². The molecule has 0 saturated heterocycles. The number of nitrogens with zero attached hydrogens (tertiary/aromatic N) is 1. The highest BCUT2D eigenvalue weighted by molar-refractivity contribution is 5.93. The van der Waals surface area contributed by atoms with Crippen LogP contribution in [0.1, 0.15) is 31.2 Å². The summed E-state index contributed by atoms with van der Waals surface area (Å²) in [6, 6.07) is 9.97. The zero-order valence-corrected chi connectivity index (χ0v) is 11.0. The Hall–Kier alpha value is -1.61. The maximum atomic E-state index is 10.4. The van der Waals surface area contributed by atoms with Crippen molar-refractivity contribution in [1.82, 2.24) is 0 Å². The van der Waals surface area contributed by atoms with Crippen molar-refractivity contribution >= 4 is 11.3 Å². The molecule has 1 aromatic rings. The van der Waals surface area contributed by atoms with Crippen molar-refractivity contribution in [2.24, 2.45) is 11.1 Å². The predicted octanol–water partition coefficient (Wildman–Crippen LogP) is 3.01. The van der Waals surface area contributed by atoms with Crippen molar-refractivity contribution in [3.05, 3.63) is 42.5 Å². The highest BCUT2D eigenvalue weighted by Gasteiger charge is 2.40. The fourth-order valence-corrected chi connectivity index (χ4v) is 3.02. The van der Waals surface area contributed by atoms with Crippen LogP contribution in [0, 0.1) is 5.92 Å². The Kier molecular flexibility index (Phi) is 3.38. The molecule has 1 aliphatic carbocycles. The second-order valence-corrected chi connectivity index (χ2v) is 5.39. The first-order chi connectivity index (χ1) is 9.25. The summed E-state index contributed by atoms with van der Waals surface area (Å²) >= 11 is 0. The van der Waals surface area contributed by atoms with E-state index in [1.165, 1.54) is 6.42 Å². The van der Waals surface area contributed by atoms with Crippen LogP contribution in [0.5, 0.6) is 0 Å². The quantitative estimate of drug-likeness (QED) is 0.901. The fourth-order valence-electron chi connectivity index (χ4n) is 3.02. The molecule has 19 heavy (non-hydrogen) atoms. The zero-order valence-electron chi connectivity index (χ0n) is 11.0. The van der Waals surface area contributed by atoms with Crippen LogP contribution in [0.25, 0.3) is 5.57 Å². The molecule has 1 heterocycles. The summed E-state index contributed by atoms with van der Waals surface area (Å²) in [6.07, 6.45) is 3.47. The van der Waals surface area contributed by atoms with Gasteiger partial charge in [0.05, 0.1) is 11.8 Å². The fraction of sp³-hybridized carbons (Fsp3) is 0.438. The van der Waals surface area contributed by atoms with Gasteiger partial charge in [0.25, 0.3) is 0 Å². The Morgan fingerprint density at radius 3 is 2.95 bits per heavy atom. The third-order valence-corrected chi connectivity index (χ3v) is 4.09. The van der Waals surface area contributed by atoms with Gasteiger partial charge in [-0.3, -0.25) is 0 Å². The lowest BCUT2D eigenvalue weighted by atomic mass is 9.91. The number of aliphatic hydroxyl groups is 1. The molecule has 0 spiro atoms. The van der Waals surface area contributed by atoms with Gasteiger partial charge in [-0.15, -0.1) is 0 Å². The van der Waals surface area contributed by atoms with Gasteiger partial charge in [-0.05, 0) is 30.4 Å². The Morgan fingerprint density at radius 1 is 1.37 bits per heavy atom. The van der Waals surface area contributed by atoms with Crippen LogP contribution < -0.4 is 0 Å². The molecule has 100 valence electrons. The largest absolute Gasteiger partial charge is 0.392 e. The van der Waals surface area contributed by atoms with Gasteiger partial charge >= 0.3 is 0 Å². The SMILES string of the molecule is C=C(C[C@H](O)C1=NO[C@H]2CCC[C@@H]12)c1ccccc1. The summed E-state index contributed by atoms with van der Waals surface area (Å²) in [5.41, 5.74) is 2.83. The Labute approximate surface area is 113 Å². The van der Waals surface area contributed by atoms with Crippen molar-refractivity contribution in [3.63, 3.8) is 0 Å². The molecular formula is C16H19NO2. The smallest absolute Gasteiger partial charge is 0.135 e. The van der Waals surface area contributed by atoms with Gasteiger partial charge in [0.2, 0.25) is 0 Å². The molecule has 1 saturated carbocycles. The molecule has 1 fully saturated rings. The molecule has 3 rings (SSSR count). The van der Waals surface area contributed by atoms with Crippen molar-refractivity contribution in [3.8, 4) is 0 Å². The van der Waals surface area contributed by atoms with Gasteiger partial charge < -0.3 is 9.94 Å². The van der Waals surface area contributed by atoms with Crippen LogP contribution in [0.3, 0.4) is 0 Å². The predicted molar refractivity (Wildman–Crippen MR) is 75.7 cm³/mol. The van der Waals surface area contributed by atoms with Crippen LogP contribution in [-0.4, -0.2) is 23.0 Å². The summed E-state index contributed by atoms with van der Waals surface area (Å²) in [7, 11) is 0. The molecule has 1 N–H and O–H groups in total. The van der Waals surface area contributed by atoms with Crippen LogP contribution in [0.4, 0.5) is 0 Å². The lowest BCUT2D eigenvalue weighted by Gasteiger charge is -2.16. The van der Waals surface area contributed by atoms with Crippen LogP contribution in [-0.2, 0) is 4.84 Å². The lowest BCUT2D eigenvalue weighted by molar-refractivity contribution is 0.0746. The highest BCUT2D eigenvalue weighted by Crippen LogP contribution is 2.36. The molecular weight excluding hydrogens is 238 g/mol. The third kappa shape index (κ3) is 2.43. The summed E-state index contributed by atoms with van der Waals surface area (Å²) in [5, 5.41) is 14.4. The zero-order chi connectivity index (χ0) is 13.2. The summed E-state index contributed by atoms with van der Waals surface area (Å²) in [6.45, 7) is 4.07. The lowest BCUT2D eigenvalue weighted by Crippen LogP contribution is -2.28. The number of oxime groups is 1. The summed E-state index contributed by atoms with van der Waals surface area (Å²) < 4.78 is 0. The molecule has 1 aliphatic heterocycles. The van der Waals surface area contributed by atoms with Crippen molar-refractivity contribution < 1.29 is 9.94 Å². The van der Waals surface area contributed by atoms with Gasteiger partial charge in [0, 0.05) is 12.3 Å². The van der Waals surface area contributed by atoms with E-state index in [2.05, 4.69) is 11.7 Å². The van der Waals surface area contributed by atoms with Crippen LogP contribution >= 0.6 is 0 Å². The number of aliphatic hydroxyl groups excluding tert-OH is 1. The summed E-state index contributed by atoms with van der Waals surface area (Å²) in [4.78, 5) is 5.40. The normalized spacial score (nSPS) is 26.5. The minimum atomic E-state index is -0.569. The molecule has 0 radical (unpaired) electrons. The molecule has 1 aromatic carbocycles. The van der Waals surface area contributed by atoms with Crippen molar-refractivity contribution in [1.29, 1.82) is 0 Å². The van der Waals surface area contributed by atoms with E-state index in [1.54, 1.807) is 0 Å². The molecule has 3 nitrogen and oxygen atoms in total. The first-order valence-electron chi connectivity index (χ1n) is 6.90. The van der Waals surface area contributed by atoms with E-state index in [0.717, 1.165) is 29.7 Å². The molecule has 3 heteroatoms. The maximum absolute atomic E-state index is 10.4. The van der Waals surface area contributed by atoms with Crippen LogP contribution in [0.2, 0.25) is 0 Å². The monoisotopic (exact) mass is 257 g/mol. The number of benzene rings is 1. The van der Waals surface area contributed by atoms with E-state index in [-0.39, 0.29) is 6.10 Å². The average Bonchev–Trinajstić information content (AvgIpc) is 3.01. The van der Waals surface area contributed by atoms with E-state index < -0.39 is 6.10 Å². The molecule has 2 aliphatic rings. The van der Waals surface area contributed by atoms with Gasteiger partial charge in [-0.2, -0.15) is 0 Å². The first kappa shape index (κ1) is 12.4. The van der Waals surface area contributed by atoms with Crippen molar-refractivity contribution in [2.45, 2.75) is 37.9 Å². The van der Waals surface area contributed by atoms with Gasteiger partial charge in [0.15, 0.2) is 0 Å². The van der Waals surface area contributed by atoms with E-state index >= 15 is 0 Å². The molecule has 0 amide bonds. The molecule has 0 aromatic heterocycles. The van der Waals surface area contributed by atoms with E-state index in [9.17, 15) is 5.11 Å². The standard InChI is InChI=1S/C16H19NO2/c1-11(12-6-3-2-4-7-12)10-14(18)16-13-8-5-9-15(13)19-17-16/h2-4,6-7,13-15,18H,1,5,8-10H2/t13-,14+,15+/m1/s1. The van der Waals surface area contributed by atoms with Crippen molar-refractivity contribution in [2.75, 3.05) is 0 Å².